The maximum absolute atomic E-state index is 11.1. The number of carbonyl (C=O) groups excluding carboxylic acids is 2. The molecule has 1 aromatic rings. The molecule has 0 amide bonds. The van der Waals surface area contributed by atoms with Crippen LogP contribution in [0.1, 0.15) is 31.4 Å². The van der Waals surface area contributed by atoms with Crippen molar-refractivity contribution in [2.75, 3.05) is 0 Å². The van der Waals surface area contributed by atoms with Gasteiger partial charge in [0, 0.05) is 19.9 Å². The Kier molecular flexibility index (Phi) is 3.85. The molecule has 1 aromatic carbocycles. The topological polar surface area (TPSA) is 78.6 Å². The lowest BCUT2D eigenvalue weighted by Crippen LogP contribution is -2.28. The Morgan fingerprint density at radius 2 is 1.63 bits per heavy atom. The number of ether oxygens (including phenoxy) is 2. The number of fused-ring (bicyclic) bond motifs is 1. The molecule has 0 spiro atoms. The van der Waals surface area contributed by atoms with Crippen molar-refractivity contribution >= 4 is 11.9 Å². The van der Waals surface area contributed by atoms with Crippen molar-refractivity contribution in [2.24, 2.45) is 5.73 Å². The Balaban J connectivity index is 2.40. The van der Waals surface area contributed by atoms with Gasteiger partial charge in [-0.05, 0) is 42.5 Å². The zero-order chi connectivity index (χ0) is 14.0. The van der Waals surface area contributed by atoms with E-state index in [9.17, 15) is 9.59 Å². The third-order valence-electron chi connectivity index (χ3n) is 3.04. The molecule has 0 saturated heterocycles. The number of esters is 2. The second-order valence-corrected chi connectivity index (χ2v) is 4.76. The average Bonchev–Trinajstić information content (AvgIpc) is 2.28. The average molecular weight is 263 g/mol. The zero-order valence-electron chi connectivity index (χ0n) is 11.1. The van der Waals surface area contributed by atoms with Gasteiger partial charge in [-0.1, -0.05) is 0 Å². The second-order valence-electron chi connectivity index (χ2n) is 4.76. The summed E-state index contributed by atoms with van der Waals surface area (Å²) in [4.78, 5) is 22.2. The van der Waals surface area contributed by atoms with Crippen LogP contribution in [-0.4, -0.2) is 18.0 Å². The molecule has 2 rings (SSSR count). The standard InChI is InChI=1S/C14H17NO4/c1-8(16)18-13-6-10-3-4-12(15)5-11(10)7-14(13)19-9(2)17/h6-7,12H,3-5,15H2,1-2H3. The monoisotopic (exact) mass is 263 g/mol. The Morgan fingerprint density at radius 3 is 2.16 bits per heavy atom. The Morgan fingerprint density at radius 1 is 1.11 bits per heavy atom. The quantitative estimate of drug-likeness (QED) is 0.643. The van der Waals surface area contributed by atoms with E-state index < -0.39 is 11.9 Å². The fourth-order valence-electron chi connectivity index (χ4n) is 2.26. The van der Waals surface area contributed by atoms with Crippen molar-refractivity contribution in [2.45, 2.75) is 39.2 Å². The molecule has 5 nitrogen and oxygen atoms in total. The largest absolute Gasteiger partial charge is 0.423 e. The summed E-state index contributed by atoms with van der Waals surface area (Å²) in [7, 11) is 0. The van der Waals surface area contributed by atoms with Gasteiger partial charge in [0.05, 0.1) is 0 Å². The molecule has 19 heavy (non-hydrogen) atoms. The van der Waals surface area contributed by atoms with Crippen molar-refractivity contribution in [3.63, 3.8) is 0 Å². The van der Waals surface area contributed by atoms with Crippen LogP contribution in [-0.2, 0) is 22.4 Å². The minimum Gasteiger partial charge on any atom is -0.423 e. The summed E-state index contributed by atoms with van der Waals surface area (Å²) >= 11 is 0. The fourth-order valence-corrected chi connectivity index (χ4v) is 2.26. The normalized spacial score (nSPS) is 17.5. The first-order chi connectivity index (χ1) is 8.95. The molecule has 1 aliphatic carbocycles. The number of aryl methyl sites for hydroxylation is 1. The number of benzene rings is 1. The van der Waals surface area contributed by atoms with E-state index in [1.165, 1.54) is 13.8 Å². The van der Waals surface area contributed by atoms with Crippen LogP contribution in [0.15, 0.2) is 12.1 Å². The van der Waals surface area contributed by atoms with Crippen molar-refractivity contribution in [3.8, 4) is 11.5 Å². The van der Waals surface area contributed by atoms with Gasteiger partial charge in [0.2, 0.25) is 0 Å². The van der Waals surface area contributed by atoms with Crippen LogP contribution < -0.4 is 15.2 Å². The van der Waals surface area contributed by atoms with Crippen LogP contribution in [0.2, 0.25) is 0 Å². The van der Waals surface area contributed by atoms with Gasteiger partial charge in [0.1, 0.15) is 0 Å². The minimum absolute atomic E-state index is 0.122. The summed E-state index contributed by atoms with van der Waals surface area (Å²) in [6, 6.07) is 3.63. The summed E-state index contributed by atoms with van der Waals surface area (Å²) < 4.78 is 10.2. The van der Waals surface area contributed by atoms with E-state index in [1.54, 1.807) is 12.1 Å². The van der Waals surface area contributed by atoms with Gasteiger partial charge in [0.15, 0.2) is 11.5 Å². The van der Waals surface area contributed by atoms with Crippen LogP contribution >= 0.6 is 0 Å². The number of carbonyl (C=O) groups is 2. The molecule has 0 fully saturated rings. The molecular formula is C14H17NO4. The van der Waals surface area contributed by atoms with Crippen LogP contribution in [0.5, 0.6) is 11.5 Å². The molecule has 102 valence electrons. The predicted molar refractivity (Wildman–Crippen MR) is 69.1 cm³/mol. The number of nitrogens with two attached hydrogens (primary N) is 1. The first kappa shape index (κ1) is 13.5. The van der Waals surface area contributed by atoms with E-state index in [0.717, 1.165) is 30.4 Å². The minimum atomic E-state index is -0.451. The third kappa shape index (κ3) is 3.32. The van der Waals surface area contributed by atoms with Crippen LogP contribution in [0.3, 0.4) is 0 Å². The lowest BCUT2D eigenvalue weighted by molar-refractivity contribution is -0.134. The molecule has 1 aliphatic rings. The van der Waals surface area contributed by atoms with Gasteiger partial charge in [-0.25, -0.2) is 0 Å². The Labute approximate surface area is 111 Å². The van der Waals surface area contributed by atoms with Gasteiger partial charge in [-0.15, -0.1) is 0 Å². The lowest BCUT2D eigenvalue weighted by Gasteiger charge is -2.23. The van der Waals surface area contributed by atoms with Gasteiger partial charge in [-0.2, -0.15) is 0 Å². The first-order valence-corrected chi connectivity index (χ1v) is 6.24. The Hall–Kier alpha value is -1.88. The van der Waals surface area contributed by atoms with E-state index in [-0.39, 0.29) is 17.5 Å². The van der Waals surface area contributed by atoms with E-state index in [4.69, 9.17) is 15.2 Å². The van der Waals surface area contributed by atoms with Crippen LogP contribution in [0, 0.1) is 0 Å². The van der Waals surface area contributed by atoms with Crippen LogP contribution in [0.4, 0.5) is 0 Å². The highest BCUT2D eigenvalue weighted by Crippen LogP contribution is 2.34. The SMILES string of the molecule is CC(=O)Oc1cc2c(cc1OC(C)=O)CC(N)CC2. The molecule has 1 atom stereocenters. The summed E-state index contributed by atoms with van der Waals surface area (Å²) in [5.74, 6) is -0.332. The molecule has 0 saturated carbocycles. The third-order valence-corrected chi connectivity index (χ3v) is 3.04. The van der Waals surface area contributed by atoms with Crippen molar-refractivity contribution in [1.29, 1.82) is 0 Å². The molecular weight excluding hydrogens is 246 g/mol. The fraction of sp³-hybridized carbons (Fsp3) is 0.429. The first-order valence-electron chi connectivity index (χ1n) is 6.24. The molecule has 0 aromatic heterocycles. The highest BCUT2D eigenvalue weighted by molar-refractivity contribution is 5.74. The van der Waals surface area contributed by atoms with Crippen molar-refractivity contribution in [1.82, 2.24) is 0 Å². The van der Waals surface area contributed by atoms with Gasteiger partial charge >= 0.3 is 11.9 Å². The highest BCUT2D eigenvalue weighted by Gasteiger charge is 2.20. The maximum Gasteiger partial charge on any atom is 0.308 e. The molecule has 1 unspecified atom stereocenters. The molecule has 0 radical (unpaired) electrons. The molecule has 0 aliphatic heterocycles. The van der Waals surface area contributed by atoms with Crippen molar-refractivity contribution < 1.29 is 19.1 Å². The summed E-state index contributed by atoms with van der Waals surface area (Å²) in [6.07, 6.45) is 2.48. The van der Waals surface area contributed by atoms with E-state index >= 15 is 0 Å². The second kappa shape index (κ2) is 5.40. The summed E-state index contributed by atoms with van der Waals surface area (Å²) in [6.45, 7) is 2.62. The molecule has 5 heteroatoms. The summed E-state index contributed by atoms with van der Waals surface area (Å²) in [5, 5.41) is 0. The highest BCUT2D eigenvalue weighted by atomic mass is 16.6. The van der Waals surface area contributed by atoms with Crippen LogP contribution in [0.25, 0.3) is 0 Å². The molecule has 2 N–H and O–H groups in total. The number of rotatable bonds is 2. The number of hydrogen-bond donors (Lipinski definition) is 1. The Bertz CT molecular complexity index is 524. The van der Waals surface area contributed by atoms with E-state index in [0.29, 0.717) is 0 Å². The van der Waals surface area contributed by atoms with Gasteiger partial charge in [-0.3, -0.25) is 9.59 Å². The van der Waals surface area contributed by atoms with E-state index in [1.807, 2.05) is 0 Å². The smallest absolute Gasteiger partial charge is 0.308 e. The zero-order valence-corrected chi connectivity index (χ0v) is 11.1. The van der Waals surface area contributed by atoms with Crippen molar-refractivity contribution in [3.05, 3.63) is 23.3 Å². The van der Waals surface area contributed by atoms with E-state index in [2.05, 4.69) is 0 Å². The lowest BCUT2D eigenvalue weighted by atomic mass is 9.88. The number of hydrogen-bond acceptors (Lipinski definition) is 5. The molecule has 0 heterocycles. The van der Waals surface area contributed by atoms with Gasteiger partial charge < -0.3 is 15.2 Å². The summed E-state index contributed by atoms with van der Waals surface area (Å²) in [5.41, 5.74) is 8.07. The van der Waals surface area contributed by atoms with Gasteiger partial charge in [0.25, 0.3) is 0 Å². The maximum atomic E-state index is 11.1. The predicted octanol–water partition coefficient (Wildman–Crippen LogP) is 1.35. The molecule has 0 bridgehead atoms.